The first-order chi connectivity index (χ1) is 13.5. The molecule has 0 atom stereocenters. The van der Waals surface area contributed by atoms with Gasteiger partial charge in [-0.1, -0.05) is 49.2 Å². The second kappa shape index (κ2) is 10.7. The number of carbonyl (C=O) groups excluding carboxylic acids is 1. The number of ether oxygens (including phenoxy) is 1. The number of hydrogen-bond acceptors (Lipinski definition) is 5. The van der Waals surface area contributed by atoms with Crippen LogP contribution in [0.2, 0.25) is 10.0 Å². The molecule has 0 unspecified atom stereocenters. The van der Waals surface area contributed by atoms with E-state index in [0.29, 0.717) is 34.2 Å². The van der Waals surface area contributed by atoms with E-state index in [9.17, 15) is 9.90 Å². The van der Waals surface area contributed by atoms with Crippen molar-refractivity contribution in [2.24, 2.45) is 5.10 Å². The molecule has 0 saturated heterocycles. The summed E-state index contributed by atoms with van der Waals surface area (Å²) in [5.74, 6) is 0.521. The maximum Gasteiger partial charge on any atom is 0.157 e. The Labute approximate surface area is 174 Å². The van der Waals surface area contributed by atoms with E-state index in [-0.39, 0.29) is 12.4 Å². The van der Waals surface area contributed by atoms with E-state index < -0.39 is 0 Å². The number of rotatable bonds is 10. The average Bonchev–Trinajstić information content (AvgIpc) is 2.68. The van der Waals surface area contributed by atoms with Gasteiger partial charge in [0.05, 0.1) is 0 Å². The maximum atomic E-state index is 10.4. The zero-order valence-corrected chi connectivity index (χ0v) is 17.1. The summed E-state index contributed by atoms with van der Waals surface area (Å²) in [5.41, 5.74) is 2.12. The van der Waals surface area contributed by atoms with Crippen LogP contribution in [0.25, 0.3) is 0 Å². The Hall–Kier alpha value is -2.50. The first-order valence-electron chi connectivity index (χ1n) is 8.80. The smallest absolute Gasteiger partial charge is 0.157 e. The van der Waals surface area contributed by atoms with Crippen molar-refractivity contribution in [3.63, 3.8) is 0 Å². The zero-order valence-electron chi connectivity index (χ0n) is 15.6. The molecule has 2 rings (SSSR count). The molecule has 148 valence electrons. The number of halogens is 2. The standard InChI is InChI=1S/C21H22Cl2N2O3/c1-3-5-8-24-25(4-2)20-12-15(6-7-21(20)27)11-17-18(22)13-16(14-19(17)23)28-10-9-26/h4,6-9,12-14,27H,2-3,5,10-11H2,1H3/b24-8-. The highest BCUT2D eigenvalue weighted by molar-refractivity contribution is 6.36. The first-order valence-corrected chi connectivity index (χ1v) is 9.56. The molecule has 7 heteroatoms. The summed E-state index contributed by atoms with van der Waals surface area (Å²) < 4.78 is 5.25. The third-order valence-electron chi connectivity index (χ3n) is 3.90. The van der Waals surface area contributed by atoms with Crippen molar-refractivity contribution in [3.05, 3.63) is 64.3 Å². The summed E-state index contributed by atoms with van der Waals surface area (Å²) in [6.07, 6.45) is 6.22. The second-order valence-corrected chi connectivity index (χ2v) is 6.77. The van der Waals surface area contributed by atoms with Crippen molar-refractivity contribution in [2.45, 2.75) is 26.2 Å². The Morgan fingerprint density at radius 3 is 2.57 bits per heavy atom. The van der Waals surface area contributed by atoms with E-state index in [2.05, 4.69) is 18.6 Å². The van der Waals surface area contributed by atoms with E-state index in [1.165, 1.54) is 11.2 Å². The second-order valence-electron chi connectivity index (χ2n) is 5.96. The number of phenolic OH excluding ortho intramolecular Hbond substituents is 1. The monoisotopic (exact) mass is 420 g/mol. The van der Waals surface area contributed by atoms with Crippen LogP contribution >= 0.6 is 23.2 Å². The highest BCUT2D eigenvalue weighted by Crippen LogP contribution is 2.34. The average molecular weight is 421 g/mol. The number of aromatic hydroxyl groups is 1. The van der Waals surface area contributed by atoms with Gasteiger partial charge < -0.3 is 9.84 Å². The molecule has 0 fully saturated rings. The van der Waals surface area contributed by atoms with Gasteiger partial charge in [0.1, 0.15) is 23.8 Å². The van der Waals surface area contributed by atoms with Crippen molar-refractivity contribution < 1.29 is 14.6 Å². The van der Waals surface area contributed by atoms with Crippen LogP contribution in [0.1, 0.15) is 30.9 Å². The summed E-state index contributed by atoms with van der Waals surface area (Å²) in [6, 6.07) is 8.44. The van der Waals surface area contributed by atoms with Gasteiger partial charge in [0.25, 0.3) is 0 Å². The summed E-state index contributed by atoms with van der Waals surface area (Å²) >= 11 is 12.7. The predicted molar refractivity (Wildman–Crippen MR) is 115 cm³/mol. The lowest BCUT2D eigenvalue weighted by Crippen LogP contribution is -2.08. The number of benzene rings is 2. The van der Waals surface area contributed by atoms with Crippen molar-refractivity contribution in [2.75, 3.05) is 11.6 Å². The van der Waals surface area contributed by atoms with Gasteiger partial charge in [-0.3, -0.25) is 4.79 Å². The number of hydrogen-bond donors (Lipinski definition) is 1. The van der Waals surface area contributed by atoms with E-state index in [0.717, 1.165) is 24.0 Å². The number of phenols is 1. The fraction of sp³-hybridized carbons (Fsp3) is 0.238. The lowest BCUT2D eigenvalue weighted by atomic mass is 10.0. The Kier molecular flexibility index (Phi) is 8.36. The maximum absolute atomic E-state index is 10.4. The molecule has 0 radical (unpaired) electrons. The quantitative estimate of drug-likeness (QED) is 0.308. The Morgan fingerprint density at radius 2 is 1.96 bits per heavy atom. The molecule has 0 saturated carbocycles. The molecule has 0 bridgehead atoms. The largest absolute Gasteiger partial charge is 0.506 e. The number of aldehydes is 1. The van der Waals surface area contributed by atoms with Crippen LogP contribution in [0, 0.1) is 0 Å². The van der Waals surface area contributed by atoms with E-state index in [4.69, 9.17) is 27.9 Å². The van der Waals surface area contributed by atoms with Gasteiger partial charge in [-0.25, -0.2) is 5.01 Å². The molecule has 2 aromatic rings. The lowest BCUT2D eigenvalue weighted by Gasteiger charge is -2.17. The molecule has 0 amide bonds. The number of nitrogens with zero attached hydrogens (tertiary/aromatic N) is 2. The van der Waals surface area contributed by atoms with Gasteiger partial charge in [0.2, 0.25) is 0 Å². The summed E-state index contributed by atoms with van der Waals surface area (Å²) in [7, 11) is 0. The van der Waals surface area contributed by atoms with Crippen molar-refractivity contribution in [1.29, 1.82) is 0 Å². The van der Waals surface area contributed by atoms with Crippen LogP contribution < -0.4 is 9.75 Å². The fourth-order valence-electron chi connectivity index (χ4n) is 2.51. The highest BCUT2D eigenvalue weighted by atomic mass is 35.5. The van der Waals surface area contributed by atoms with Gasteiger partial charge in [0, 0.05) is 28.9 Å². The third kappa shape index (κ3) is 5.75. The molecular weight excluding hydrogens is 399 g/mol. The zero-order chi connectivity index (χ0) is 20.5. The minimum Gasteiger partial charge on any atom is -0.506 e. The SMILES string of the molecule is C=CN(/N=C\CCC)c1cc(Cc2c(Cl)cc(OCC=O)cc2Cl)ccc1O. The summed E-state index contributed by atoms with van der Waals surface area (Å²) in [4.78, 5) is 10.4. The van der Waals surface area contributed by atoms with Gasteiger partial charge >= 0.3 is 0 Å². The highest BCUT2D eigenvalue weighted by Gasteiger charge is 2.13. The van der Waals surface area contributed by atoms with Crippen LogP contribution in [0.5, 0.6) is 11.5 Å². The number of unbranched alkanes of at least 4 members (excludes halogenated alkanes) is 1. The van der Waals surface area contributed by atoms with Crippen LogP contribution in [-0.2, 0) is 11.2 Å². The molecule has 28 heavy (non-hydrogen) atoms. The lowest BCUT2D eigenvalue weighted by molar-refractivity contribution is -0.109. The topological polar surface area (TPSA) is 62.1 Å². The van der Waals surface area contributed by atoms with Gasteiger partial charge in [-0.2, -0.15) is 5.10 Å². The molecule has 5 nitrogen and oxygen atoms in total. The van der Waals surface area contributed by atoms with Crippen molar-refractivity contribution in [1.82, 2.24) is 0 Å². The Morgan fingerprint density at radius 1 is 1.25 bits per heavy atom. The summed E-state index contributed by atoms with van der Waals surface area (Å²) in [6.45, 7) is 5.75. The molecule has 0 spiro atoms. The molecule has 1 N–H and O–H groups in total. The predicted octanol–water partition coefficient (Wildman–Crippen LogP) is 5.60. The summed E-state index contributed by atoms with van der Waals surface area (Å²) in [5, 5.41) is 16.9. The van der Waals surface area contributed by atoms with Gasteiger partial charge in [0.15, 0.2) is 6.29 Å². The van der Waals surface area contributed by atoms with Crippen LogP contribution in [0.4, 0.5) is 5.69 Å². The normalized spacial score (nSPS) is 10.8. The van der Waals surface area contributed by atoms with E-state index in [1.54, 1.807) is 30.5 Å². The Bertz CT molecular complexity index is 846. The molecule has 2 aromatic carbocycles. The third-order valence-corrected chi connectivity index (χ3v) is 4.57. The molecule has 0 aliphatic heterocycles. The first kappa shape index (κ1) is 21.8. The molecule has 0 aromatic heterocycles. The van der Waals surface area contributed by atoms with E-state index >= 15 is 0 Å². The van der Waals surface area contributed by atoms with Crippen LogP contribution in [-0.4, -0.2) is 24.2 Å². The minimum absolute atomic E-state index is 0.0662. The van der Waals surface area contributed by atoms with Crippen molar-refractivity contribution >= 4 is 41.4 Å². The minimum atomic E-state index is -0.0662. The Balaban J connectivity index is 2.30. The molecular formula is C21H22Cl2N2O3. The number of carbonyl (C=O) groups is 1. The van der Waals surface area contributed by atoms with Gasteiger partial charge in [-0.15, -0.1) is 0 Å². The molecule has 0 heterocycles. The molecule has 0 aliphatic carbocycles. The van der Waals surface area contributed by atoms with Crippen LogP contribution in [0.15, 0.2) is 48.2 Å². The van der Waals surface area contributed by atoms with E-state index in [1.807, 2.05) is 6.07 Å². The van der Waals surface area contributed by atoms with Crippen molar-refractivity contribution in [3.8, 4) is 11.5 Å². The van der Waals surface area contributed by atoms with Gasteiger partial charge in [-0.05, 0) is 41.8 Å². The number of hydrazone groups is 1. The van der Waals surface area contributed by atoms with Crippen LogP contribution in [0.3, 0.4) is 0 Å². The fourth-order valence-corrected chi connectivity index (χ4v) is 3.11. The molecule has 0 aliphatic rings. The number of anilines is 1.